The number of nitrogens with zero attached hydrogens (tertiary/aromatic N) is 1. The van der Waals surface area contributed by atoms with Gasteiger partial charge in [0.1, 0.15) is 0 Å². The number of aromatic nitrogens is 1. The number of carbonyl (C=O) groups is 1. The van der Waals surface area contributed by atoms with E-state index in [0.29, 0.717) is 6.61 Å². The van der Waals surface area contributed by atoms with Crippen molar-refractivity contribution in [1.82, 2.24) is 4.98 Å². The molecule has 1 rings (SSSR count). The quantitative estimate of drug-likeness (QED) is 0.722. The number of carbonyl (C=O) groups excluding carboxylic acids is 1. The van der Waals surface area contributed by atoms with Gasteiger partial charge in [-0.25, -0.2) is 4.79 Å². The van der Waals surface area contributed by atoms with Crippen LogP contribution in [0.15, 0.2) is 24.5 Å². The molecule has 76 valence electrons. The van der Waals surface area contributed by atoms with Crippen LogP contribution in [0.25, 0.3) is 0 Å². The van der Waals surface area contributed by atoms with Gasteiger partial charge in [-0.15, -0.1) is 0 Å². The molecule has 0 saturated carbocycles. The molecule has 4 nitrogen and oxygen atoms in total. The highest BCUT2D eigenvalue weighted by atomic mass is 16.5. The molecule has 1 amide bonds. The van der Waals surface area contributed by atoms with Gasteiger partial charge >= 0.3 is 6.09 Å². The number of aryl methyl sites for hydroxylation is 1. The van der Waals surface area contributed by atoms with Crippen LogP contribution in [0.5, 0.6) is 0 Å². The topological polar surface area (TPSA) is 65.2 Å². The van der Waals surface area contributed by atoms with Crippen LogP contribution in [0.3, 0.4) is 0 Å². The van der Waals surface area contributed by atoms with Gasteiger partial charge in [0.25, 0.3) is 0 Å². The van der Waals surface area contributed by atoms with E-state index in [1.54, 1.807) is 12.4 Å². The van der Waals surface area contributed by atoms with Gasteiger partial charge in [-0.05, 0) is 37.0 Å². The lowest BCUT2D eigenvalue weighted by molar-refractivity contribution is 0.154. The van der Waals surface area contributed by atoms with Crippen LogP contribution < -0.4 is 5.73 Å². The standard InChI is InChI=1S/C10H14N2O2/c11-10(13)14-8-2-1-3-9-4-6-12-7-5-9/h4-7H,1-3,8H2,(H2,11,13). The fraction of sp³-hybridized carbons (Fsp3) is 0.400. The average molecular weight is 194 g/mol. The van der Waals surface area contributed by atoms with E-state index in [2.05, 4.69) is 9.72 Å². The smallest absolute Gasteiger partial charge is 0.404 e. The molecule has 0 aromatic carbocycles. The number of pyridine rings is 1. The van der Waals surface area contributed by atoms with Crippen LogP contribution in [-0.4, -0.2) is 17.7 Å². The molecule has 2 N–H and O–H groups in total. The first-order valence-corrected chi connectivity index (χ1v) is 4.60. The van der Waals surface area contributed by atoms with Crippen molar-refractivity contribution in [3.63, 3.8) is 0 Å². The molecule has 1 aromatic heterocycles. The monoisotopic (exact) mass is 194 g/mol. The first-order chi connectivity index (χ1) is 6.79. The molecule has 0 radical (unpaired) electrons. The van der Waals surface area contributed by atoms with Gasteiger partial charge in [-0.3, -0.25) is 4.98 Å². The largest absolute Gasteiger partial charge is 0.450 e. The minimum atomic E-state index is -0.700. The summed E-state index contributed by atoms with van der Waals surface area (Å²) in [7, 11) is 0. The Bertz CT molecular complexity index is 275. The molecule has 1 heterocycles. The Labute approximate surface area is 83.1 Å². The summed E-state index contributed by atoms with van der Waals surface area (Å²) in [4.78, 5) is 14.2. The lowest BCUT2D eigenvalue weighted by Gasteiger charge is -2.01. The van der Waals surface area contributed by atoms with Crippen LogP contribution in [0.4, 0.5) is 4.79 Å². The van der Waals surface area contributed by atoms with Crippen LogP contribution in [-0.2, 0) is 11.2 Å². The van der Waals surface area contributed by atoms with Gasteiger partial charge in [0.2, 0.25) is 0 Å². The number of unbranched alkanes of at least 4 members (excludes halogenated alkanes) is 1. The third kappa shape index (κ3) is 4.45. The van der Waals surface area contributed by atoms with E-state index in [1.807, 2.05) is 12.1 Å². The number of hydrogen-bond donors (Lipinski definition) is 1. The predicted molar refractivity (Wildman–Crippen MR) is 52.7 cm³/mol. The molecular weight excluding hydrogens is 180 g/mol. The Balaban J connectivity index is 2.08. The van der Waals surface area contributed by atoms with E-state index in [0.717, 1.165) is 19.3 Å². The lowest BCUT2D eigenvalue weighted by atomic mass is 10.1. The van der Waals surface area contributed by atoms with Crippen molar-refractivity contribution in [2.45, 2.75) is 19.3 Å². The summed E-state index contributed by atoms with van der Waals surface area (Å²) in [6.45, 7) is 0.403. The average Bonchev–Trinajstić information content (AvgIpc) is 2.18. The molecule has 0 fully saturated rings. The SMILES string of the molecule is NC(=O)OCCCCc1ccncc1. The van der Waals surface area contributed by atoms with Gasteiger partial charge in [0.15, 0.2) is 0 Å². The Morgan fingerprint density at radius 3 is 2.71 bits per heavy atom. The van der Waals surface area contributed by atoms with Gasteiger partial charge in [0.05, 0.1) is 6.61 Å². The highest BCUT2D eigenvalue weighted by Gasteiger charge is 1.95. The summed E-state index contributed by atoms with van der Waals surface area (Å²) in [5, 5.41) is 0. The van der Waals surface area contributed by atoms with Crippen molar-refractivity contribution < 1.29 is 9.53 Å². The molecule has 1 aromatic rings. The second-order valence-corrected chi connectivity index (χ2v) is 2.98. The number of ether oxygens (including phenoxy) is 1. The van der Waals surface area contributed by atoms with E-state index in [9.17, 15) is 4.79 Å². The fourth-order valence-electron chi connectivity index (χ4n) is 1.15. The van der Waals surface area contributed by atoms with Crippen LogP contribution >= 0.6 is 0 Å². The van der Waals surface area contributed by atoms with Crippen molar-refractivity contribution >= 4 is 6.09 Å². The third-order valence-corrected chi connectivity index (χ3v) is 1.85. The van der Waals surface area contributed by atoms with Gasteiger partial charge in [-0.2, -0.15) is 0 Å². The normalized spacial score (nSPS) is 9.71. The summed E-state index contributed by atoms with van der Waals surface area (Å²) >= 11 is 0. The number of rotatable bonds is 5. The Hall–Kier alpha value is -1.58. The number of nitrogens with two attached hydrogens (primary N) is 1. The van der Waals surface area contributed by atoms with Crippen molar-refractivity contribution in [1.29, 1.82) is 0 Å². The first-order valence-electron chi connectivity index (χ1n) is 4.60. The molecular formula is C10H14N2O2. The zero-order valence-electron chi connectivity index (χ0n) is 7.98. The Morgan fingerprint density at radius 2 is 2.07 bits per heavy atom. The van der Waals surface area contributed by atoms with Crippen molar-refractivity contribution in [2.75, 3.05) is 6.61 Å². The molecule has 0 aliphatic heterocycles. The van der Waals surface area contributed by atoms with Crippen LogP contribution in [0.1, 0.15) is 18.4 Å². The molecule has 0 bridgehead atoms. The summed E-state index contributed by atoms with van der Waals surface area (Å²) in [5.74, 6) is 0. The van der Waals surface area contributed by atoms with E-state index in [1.165, 1.54) is 5.56 Å². The highest BCUT2D eigenvalue weighted by Crippen LogP contribution is 2.03. The van der Waals surface area contributed by atoms with Crippen LogP contribution in [0.2, 0.25) is 0 Å². The summed E-state index contributed by atoms with van der Waals surface area (Å²) in [6, 6.07) is 3.96. The maximum atomic E-state index is 10.2. The molecule has 0 aliphatic rings. The second-order valence-electron chi connectivity index (χ2n) is 2.98. The van der Waals surface area contributed by atoms with E-state index in [4.69, 9.17) is 5.73 Å². The molecule has 14 heavy (non-hydrogen) atoms. The first kappa shape index (κ1) is 10.5. The van der Waals surface area contributed by atoms with E-state index < -0.39 is 6.09 Å². The minimum Gasteiger partial charge on any atom is -0.450 e. The van der Waals surface area contributed by atoms with Crippen molar-refractivity contribution in [3.05, 3.63) is 30.1 Å². The van der Waals surface area contributed by atoms with Crippen LogP contribution in [0, 0.1) is 0 Å². The molecule has 0 unspecified atom stereocenters. The summed E-state index contributed by atoms with van der Waals surface area (Å²) < 4.78 is 4.61. The highest BCUT2D eigenvalue weighted by molar-refractivity contribution is 5.64. The van der Waals surface area contributed by atoms with E-state index in [-0.39, 0.29) is 0 Å². The van der Waals surface area contributed by atoms with Gasteiger partial charge in [-0.1, -0.05) is 0 Å². The van der Waals surface area contributed by atoms with Crippen molar-refractivity contribution in [3.8, 4) is 0 Å². The van der Waals surface area contributed by atoms with Gasteiger partial charge in [0, 0.05) is 12.4 Å². The molecule has 0 aliphatic carbocycles. The maximum Gasteiger partial charge on any atom is 0.404 e. The fourth-order valence-corrected chi connectivity index (χ4v) is 1.15. The summed E-state index contributed by atoms with van der Waals surface area (Å²) in [5.41, 5.74) is 6.07. The maximum absolute atomic E-state index is 10.2. The van der Waals surface area contributed by atoms with Crippen molar-refractivity contribution in [2.24, 2.45) is 5.73 Å². The molecule has 4 heteroatoms. The number of amides is 1. The molecule has 0 spiro atoms. The molecule has 0 atom stereocenters. The number of primary amides is 1. The van der Waals surface area contributed by atoms with Gasteiger partial charge < -0.3 is 10.5 Å². The summed E-state index contributed by atoms with van der Waals surface area (Å²) in [6.07, 6.45) is 5.64. The zero-order chi connectivity index (χ0) is 10.2. The Kier molecular flexibility index (Phi) is 4.47. The third-order valence-electron chi connectivity index (χ3n) is 1.85. The van der Waals surface area contributed by atoms with E-state index >= 15 is 0 Å². The lowest BCUT2D eigenvalue weighted by Crippen LogP contribution is -2.13. The number of hydrogen-bond acceptors (Lipinski definition) is 3. The minimum absolute atomic E-state index is 0.403. The predicted octanol–water partition coefficient (Wildman–Crippen LogP) is 1.50. The second kappa shape index (κ2) is 5.96. The zero-order valence-corrected chi connectivity index (χ0v) is 7.98. The molecule has 0 saturated heterocycles. The Morgan fingerprint density at radius 1 is 1.36 bits per heavy atom.